The Hall–Kier alpha value is -2.38. The number of nitrogens with zero attached hydrogens (tertiary/aromatic N) is 4. The number of benzene rings is 1. The summed E-state index contributed by atoms with van der Waals surface area (Å²) in [6.07, 6.45) is 1.95. The number of anilines is 1. The van der Waals surface area contributed by atoms with Gasteiger partial charge in [-0.1, -0.05) is 11.2 Å². The number of hydrogen-bond donors (Lipinski definition) is 2. The molecule has 1 saturated heterocycles. The molecule has 0 radical (unpaired) electrons. The smallest absolute Gasteiger partial charge is 0.228 e. The van der Waals surface area contributed by atoms with E-state index < -0.39 is 21.8 Å². The highest BCUT2D eigenvalue weighted by Crippen LogP contribution is 2.23. The van der Waals surface area contributed by atoms with Crippen molar-refractivity contribution < 1.29 is 27.4 Å². The number of aromatic nitrogens is 2. The molecule has 2 heterocycles. The zero-order chi connectivity index (χ0) is 21.9. The molecule has 1 fully saturated rings. The van der Waals surface area contributed by atoms with Gasteiger partial charge in [-0.15, -0.1) is 0 Å². The fourth-order valence-corrected chi connectivity index (χ4v) is 4.44. The van der Waals surface area contributed by atoms with Gasteiger partial charge in [0.25, 0.3) is 0 Å². The average molecular weight is 504 g/mol. The van der Waals surface area contributed by atoms with E-state index in [0.29, 0.717) is 18.4 Å². The van der Waals surface area contributed by atoms with Crippen LogP contribution in [-0.2, 0) is 21.2 Å². The molecule has 162 valence electrons. The first kappa shape index (κ1) is 22.3. The lowest BCUT2D eigenvalue weighted by Gasteiger charge is -2.29. The van der Waals surface area contributed by atoms with E-state index in [1.807, 2.05) is 0 Å². The number of halogens is 2. The van der Waals surface area contributed by atoms with Crippen molar-refractivity contribution in [2.24, 2.45) is 11.1 Å². The molecule has 3 rings (SSSR count). The average Bonchev–Trinajstić information content (AvgIpc) is 3.16. The molecule has 1 aliphatic rings. The highest BCUT2D eigenvalue weighted by molar-refractivity contribution is 9.10. The molecule has 1 aromatic carbocycles. The molecule has 2 N–H and O–H groups in total. The summed E-state index contributed by atoms with van der Waals surface area (Å²) in [6, 6.07) is 4.31. The summed E-state index contributed by atoms with van der Waals surface area (Å²) in [6.45, 7) is 0.507. The van der Waals surface area contributed by atoms with Crippen molar-refractivity contribution in [3.63, 3.8) is 0 Å². The van der Waals surface area contributed by atoms with E-state index in [0.717, 1.165) is 6.26 Å². The minimum atomic E-state index is -3.29. The molecule has 0 atom stereocenters. The van der Waals surface area contributed by atoms with E-state index >= 15 is 0 Å². The molecule has 1 amide bonds. The van der Waals surface area contributed by atoms with Gasteiger partial charge >= 0.3 is 0 Å². The molecule has 1 aliphatic heterocycles. The number of sulfonamides is 1. The van der Waals surface area contributed by atoms with E-state index in [1.54, 1.807) is 0 Å². The third-order valence-corrected chi connectivity index (χ3v) is 6.68. The Balaban J connectivity index is 1.68. The number of piperidine rings is 1. The molecule has 0 spiro atoms. The van der Waals surface area contributed by atoms with Gasteiger partial charge in [0.1, 0.15) is 11.5 Å². The van der Waals surface area contributed by atoms with Gasteiger partial charge in [-0.3, -0.25) is 4.79 Å². The van der Waals surface area contributed by atoms with Gasteiger partial charge in [0.05, 0.1) is 10.7 Å². The molecule has 2 aromatic rings. The molecule has 0 saturated carbocycles. The Morgan fingerprint density at radius 1 is 1.40 bits per heavy atom. The summed E-state index contributed by atoms with van der Waals surface area (Å²) in [5.74, 6) is -1.21. The standard InChI is InChI=1S/C17H19BrFN5O5S/c1-30(27,28)24-6-4-11(5-7-24)17(25)20-16-15(22-29-23-16)14(21-26)9-10-2-3-13(19)12(18)8-10/h2-3,8,11,26H,4-7,9H2,1H3,(H,20,23,25)/b21-14+. The van der Waals surface area contributed by atoms with Gasteiger partial charge < -0.3 is 10.5 Å². The Morgan fingerprint density at radius 2 is 2.10 bits per heavy atom. The van der Waals surface area contributed by atoms with E-state index in [9.17, 15) is 22.8 Å². The van der Waals surface area contributed by atoms with Gasteiger partial charge in [0.2, 0.25) is 21.7 Å². The summed E-state index contributed by atoms with van der Waals surface area (Å²) in [5, 5.41) is 22.6. The topological polar surface area (TPSA) is 138 Å². The van der Waals surface area contributed by atoms with E-state index in [1.165, 1.54) is 22.5 Å². The monoisotopic (exact) mass is 503 g/mol. The van der Waals surface area contributed by atoms with Crippen LogP contribution in [0.5, 0.6) is 0 Å². The molecular formula is C17H19BrFN5O5S. The first-order valence-corrected chi connectivity index (χ1v) is 11.6. The third kappa shape index (κ3) is 5.21. The van der Waals surface area contributed by atoms with Crippen molar-refractivity contribution in [1.29, 1.82) is 0 Å². The van der Waals surface area contributed by atoms with Crippen molar-refractivity contribution in [2.75, 3.05) is 24.7 Å². The van der Waals surface area contributed by atoms with Crippen LogP contribution < -0.4 is 5.32 Å². The molecule has 30 heavy (non-hydrogen) atoms. The lowest BCUT2D eigenvalue weighted by Crippen LogP contribution is -2.41. The maximum Gasteiger partial charge on any atom is 0.228 e. The highest BCUT2D eigenvalue weighted by Gasteiger charge is 2.30. The second kappa shape index (κ2) is 9.18. The molecule has 0 aliphatic carbocycles. The summed E-state index contributed by atoms with van der Waals surface area (Å²) in [5.41, 5.74) is 0.737. The maximum atomic E-state index is 13.4. The first-order valence-electron chi connectivity index (χ1n) is 8.92. The molecule has 13 heteroatoms. The SMILES string of the molecule is CS(=O)(=O)N1CCC(C(=O)Nc2nonc2/C(Cc2ccc(F)c(Br)c2)=N/O)CC1. The van der Waals surface area contributed by atoms with Crippen LogP contribution in [0.25, 0.3) is 0 Å². The lowest BCUT2D eigenvalue weighted by atomic mass is 9.97. The fraction of sp³-hybridized carbons (Fsp3) is 0.412. The molecule has 0 bridgehead atoms. The fourth-order valence-electron chi connectivity index (χ4n) is 3.14. The van der Waals surface area contributed by atoms with Gasteiger partial charge in [-0.2, -0.15) is 0 Å². The number of nitrogens with one attached hydrogen (secondary N) is 1. The second-order valence-electron chi connectivity index (χ2n) is 6.86. The van der Waals surface area contributed by atoms with Gasteiger partial charge in [-0.05, 0) is 56.8 Å². The molecule has 10 nitrogen and oxygen atoms in total. The zero-order valence-electron chi connectivity index (χ0n) is 15.9. The Kier molecular flexibility index (Phi) is 6.83. The number of carbonyl (C=O) groups excluding carboxylic acids is 1. The molecule has 0 unspecified atom stereocenters. The van der Waals surface area contributed by atoms with E-state index in [-0.39, 0.29) is 47.1 Å². The van der Waals surface area contributed by atoms with E-state index in [4.69, 9.17) is 4.63 Å². The zero-order valence-corrected chi connectivity index (χ0v) is 18.3. The van der Waals surface area contributed by atoms with Crippen LogP contribution in [0.1, 0.15) is 24.1 Å². The van der Waals surface area contributed by atoms with Crippen molar-refractivity contribution >= 4 is 43.4 Å². The highest BCUT2D eigenvalue weighted by atomic mass is 79.9. The van der Waals surface area contributed by atoms with Crippen molar-refractivity contribution in [2.45, 2.75) is 19.3 Å². The Labute approximate surface area is 180 Å². The summed E-state index contributed by atoms with van der Waals surface area (Å²) in [7, 11) is -3.29. The first-order chi connectivity index (χ1) is 14.2. The number of amides is 1. The van der Waals surface area contributed by atoms with E-state index in [2.05, 4.69) is 36.7 Å². The molecular weight excluding hydrogens is 485 g/mol. The predicted octanol–water partition coefficient (Wildman–Crippen LogP) is 2.00. The molecule has 1 aromatic heterocycles. The van der Waals surface area contributed by atoms with Gasteiger partial charge in [0.15, 0.2) is 5.69 Å². The van der Waals surface area contributed by atoms with Gasteiger partial charge in [-0.25, -0.2) is 21.7 Å². The number of rotatable bonds is 6. The number of oxime groups is 1. The largest absolute Gasteiger partial charge is 0.411 e. The summed E-state index contributed by atoms with van der Waals surface area (Å²) in [4.78, 5) is 12.6. The maximum absolute atomic E-state index is 13.4. The normalized spacial score (nSPS) is 16.6. The number of hydrogen-bond acceptors (Lipinski definition) is 8. The summed E-state index contributed by atoms with van der Waals surface area (Å²) < 4.78 is 42.9. The van der Waals surface area contributed by atoms with Crippen LogP contribution in [0.4, 0.5) is 10.2 Å². The quantitative estimate of drug-likeness (QED) is 0.349. The Morgan fingerprint density at radius 3 is 2.70 bits per heavy atom. The van der Waals surface area contributed by atoms with Crippen LogP contribution in [-0.4, -0.2) is 59.2 Å². The van der Waals surface area contributed by atoms with Crippen LogP contribution in [0.2, 0.25) is 0 Å². The second-order valence-corrected chi connectivity index (χ2v) is 9.70. The predicted molar refractivity (Wildman–Crippen MR) is 108 cm³/mol. The summed E-state index contributed by atoms with van der Waals surface area (Å²) >= 11 is 3.09. The van der Waals surface area contributed by atoms with Gasteiger partial charge in [0, 0.05) is 25.4 Å². The lowest BCUT2D eigenvalue weighted by molar-refractivity contribution is -0.120. The van der Waals surface area contributed by atoms with Crippen LogP contribution >= 0.6 is 15.9 Å². The van der Waals surface area contributed by atoms with Crippen molar-refractivity contribution in [3.8, 4) is 0 Å². The minimum absolute atomic E-state index is 0.0143. The van der Waals surface area contributed by atoms with Crippen molar-refractivity contribution in [1.82, 2.24) is 14.6 Å². The number of carbonyl (C=O) groups is 1. The third-order valence-electron chi connectivity index (χ3n) is 4.77. The van der Waals surface area contributed by atoms with Crippen LogP contribution in [0.15, 0.2) is 32.5 Å². The van der Waals surface area contributed by atoms with Crippen molar-refractivity contribution in [3.05, 3.63) is 39.7 Å². The Bertz CT molecular complexity index is 1070. The van der Waals surface area contributed by atoms with Crippen LogP contribution in [0.3, 0.4) is 0 Å². The minimum Gasteiger partial charge on any atom is -0.411 e. The van der Waals surface area contributed by atoms with Crippen LogP contribution in [0, 0.1) is 11.7 Å².